The molecule has 0 aliphatic heterocycles. The minimum Gasteiger partial charge on any atom is -0.103 e. The van der Waals surface area contributed by atoms with Crippen LogP contribution in [0.15, 0.2) is 30.9 Å². The molecular formula is C14H20. The molecule has 1 rings (SSSR count). The Morgan fingerprint density at radius 3 is 2.21 bits per heavy atom. The van der Waals surface area contributed by atoms with Crippen molar-refractivity contribution < 1.29 is 0 Å². The third-order valence-electron chi connectivity index (χ3n) is 2.66. The molecule has 0 spiro atoms. The first-order valence-corrected chi connectivity index (χ1v) is 5.36. The molecule has 0 saturated heterocycles. The van der Waals surface area contributed by atoms with Crippen LogP contribution < -0.4 is 0 Å². The van der Waals surface area contributed by atoms with Crippen LogP contribution in [0.2, 0.25) is 0 Å². The first-order chi connectivity index (χ1) is 6.67. The smallest absolute Gasteiger partial charge is 0.0130 e. The monoisotopic (exact) mass is 188 g/mol. The fourth-order valence-corrected chi connectivity index (χ4v) is 1.99. The van der Waals surface area contributed by atoms with Gasteiger partial charge in [-0.05, 0) is 38.2 Å². The molecule has 76 valence electrons. The highest BCUT2D eigenvalue weighted by molar-refractivity contribution is 5.31. The van der Waals surface area contributed by atoms with E-state index in [9.17, 15) is 0 Å². The Bertz CT molecular complexity index is 290. The molecule has 0 N–H and O–H groups in total. The normalized spacial score (nSPS) is 12.5. The van der Waals surface area contributed by atoms with E-state index in [1.165, 1.54) is 23.1 Å². The maximum atomic E-state index is 3.82. The van der Waals surface area contributed by atoms with Crippen LogP contribution in [0.3, 0.4) is 0 Å². The van der Waals surface area contributed by atoms with Gasteiger partial charge in [0.15, 0.2) is 0 Å². The third kappa shape index (κ3) is 2.73. The number of benzene rings is 1. The number of hydrogen-bond acceptors (Lipinski definition) is 0. The summed E-state index contributed by atoms with van der Waals surface area (Å²) in [6.07, 6.45) is 4.29. The summed E-state index contributed by atoms with van der Waals surface area (Å²) in [6, 6.07) is 6.82. The van der Waals surface area contributed by atoms with E-state index in [-0.39, 0.29) is 0 Å². The van der Waals surface area contributed by atoms with Crippen molar-refractivity contribution in [2.45, 2.75) is 39.5 Å². The van der Waals surface area contributed by atoms with Gasteiger partial charge in [-0.2, -0.15) is 0 Å². The van der Waals surface area contributed by atoms with Crippen LogP contribution in [0.5, 0.6) is 0 Å². The average molecular weight is 188 g/mol. The van der Waals surface area contributed by atoms with Gasteiger partial charge in [-0.1, -0.05) is 42.3 Å². The Morgan fingerprint density at radius 1 is 1.21 bits per heavy atom. The molecule has 0 radical (unpaired) electrons. The van der Waals surface area contributed by atoms with Crippen LogP contribution in [0.1, 0.15) is 42.4 Å². The molecule has 14 heavy (non-hydrogen) atoms. The van der Waals surface area contributed by atoms with E-state index >= 15 is 0 Å². The highest BCUT2D eigenvalue weighted by atomic mass is 14.1. The predicted octanol–water partition coefficient (Wildman–Crippen LogP) is 4.37. The van der Waals surface area contributed by atoms with Crippen molar-refractivity contribution in [1.82, 2.24) is 0 Å². The molecule has 0 heterocycles. The number of aryl methyl sites for hydroxylation is 2. The fraction of sp³-hybridized carbons (Fsp3) is 0.429. The molecule has 0 saturated carbocycles. The molecule has 1 unspecified atom stereocenters. The van der Waals surface area contributed by atoms with Crippen molar-refractivity contribution in [3.63, 3.8) is 0 Å². The van der Waals surface area contributed by atoms with Gasteiger partial charge in [0.25, 0.3) is 0 Å². The lowest BCUT2D eigenvalue weighted by Crippen LogP contribution is -1.97. The second-order valence-electron chi connectivity index (χ2n) is 4.05. The van der Waals surface area contributed by atoms with Crippen LogP contribution in [0.4, 0.5) is 0 Å². The van der Waals surface area contributed by atoms with E-state index in [1.54, 1.807) is 0 Å². The Hall–Kier alpha value is -1.04. The summed E-state index contributed by atoms with van der Waals surface area (Å²) in [5.74, 6) is 0.645. The number of rotatable bonds is 4. The summed E-state index contributed by atoms with van der Waals surface area (Å²) in [5.41, 5.74) is 4.19. The molecule has 0 amide bonds. The van der Waals surface area contributed by atoms with E-state index in [0.29, 0.717) is 5.92 Å². The van der Waals surface area contributed by atoms with E-state index in [1.807, 2.05) is 6.08 Å². The summed E-state index contributed by atoms with van der Waals surface area (Å²) in [5, 5.41) is 0. The van der Waals surface area contributed by atoms with E-state index in [4.69, 9.17) is 0 Å². The second-order valence-corrected chi connectivity index (χ2v) is 4.05. The first kappa shape index (κ1) is 11.0. The standard InChI is InChI=1S/C14H20/c1-5-7-13(6-2)14-9-11(3)8-12(4)10-14/h5,8-10,13H,1,6-7H2,2-4H3. The Balaban J connectivity index is 2.96. The van der Waals surface area contributed by atoms with Crippen LogP contribution >= 0.6 is 0 Å². The molecular weight excluding hydrogens is 168 g/mol. The SMILES string of the molecule is C=CCC(CC)c1cc(C)cc(C)c1. The van der Waals surface area contributed by atoms with Gasteiger partial charge in [0.1, 0.15) is 0 Å². The van der Waals surface area contributed by atoms with Crippen LogP contribution in [-0.4, -0.2) is 0 Å². The summed E-state index contributed by atoms with van der Waals surface area (Å²) < 4.78 is 0. The molecule has 0 aliphatic rings. The molecule has 0 heteroatoms. The van der Waals surface area contributed by atoms with Gasteiger partial charge in [0, 0.05) is 0 Å². The van der Waals surface area contributed by atoms with Crippen molar-refractivity contribution in [2.75, 3.05) is 0 Å². The maximum absolute atomic E-state index is 3.82. The highest BCUT2D eigenvalue weighted by Crippen LogP contribution is 2.25. The van der Waals surface area contributed by atoms with Crippen molar-refractivity contribution in [3.8, 4) is 0 Å². The lowest BCUT2D eigenvalue weighted by Gasteiger charge is -2.14. The molecule has 0 aliphatic carbocycles. The molecule has 1 atom stereocenters. The lowest BCUT2D eigenvalue weighted by molar-refractivity contribution is 0.674. The number of hydrogen-bond donors (Lipinski definition) is 0. The molecule has 1 aromatic carbocycles. The Morgan fingerprint density at radius 2 is 1.79 bits per heavy atom. The first-order valence-electron chi connectivity index (χ1n) is 5.36. The van der Waals surface area contributed by atoms with Gasteiger partial charge in [0.2, 0.25) is 0 Å². The minimum atomic E-state index is 0.645. The molecule has 1 aromatic rings. The van der Waals surface area contributed by atoms with E-state index in [2.05, 4.69) is 45.5 Å². The van der Waals surface area contributed by atoms with Gasteiger partial charge < -0.3 is 0 Å². The van der Waals surface area contributed by atoms with Gasteiger partial charge in [-0.3, -0.25) is 0 Å². The molecule has 0 fully saturated rings. The van der Waals surface area contributed by atoms with Crippen molar-refractivity contribution >= 4 is 0 Å². The summed E-state index contributed by atoms with van der Waals surface area (Å²) in [6.45, 7) is 10.4. The van der Waals surface area contributed by atoms with Crippen LogP contribution in [0, 0.1) is 13.8 Å². The molecule has 0 bridgehead atoms. The van der Waals surface area contributed by atoms with E-state index < -0.39 is 0 Å². The van der Waals surface area contributed by atoms with Crippen molar-refractivity contribution in [3.05, 3.63) is 47.5 Å². The molecule has 0 nitrogen and oxygen atoms in total. The quantitative estimate of drug-likeness (QED) is 0.615. The summed E-state index contributed by atoms with van der Waals surface area (Å²) in [7, 11) is 0. The van der Waals surface area contributed by atoms with Crippen molar-refractivity contribution in [2.24, 2.45) is 0 Å². The zero-order chi connectivity index (χ0) is 10.6. The van der Waals surface area contributed by atoms with Gasteiger partial charge >= 0.3 is 0 Å². The second kappa shape index (κ2) is 4.99. The largest absolute Gasteiger partial charge is 0.103 e. The highest BCUT2D eigenvalue weighted by Gasteiger charge is 2.07. The third-order valence-corrected chi connectivity index (χ3v) is 2.66. The topological polar surface area (TPSA) is 0 Å². The Kier molecular flexibility index (Phi) is 3.94. The van der Waals surface area contributed by atoms with Gasteiger partial charge in [0.05, 0.1) is 0 Å². The zero-order valence-electron chi connectivity index (χ0n) is 9.51. The number of allylic oxidation sites excluding steroid dienone is 1. The summed E-state index contributed by atoms with van der Waals surface area (Å²) in [4.78, 5) is 0. The van der Waals surface area contributed by atoms with Crippen LogP contribution in [0.25, 0.3) is 0 Å². The van der Waals surface area contributed by atoms with Gasteiger partial charge in [-0.25, -0.2) is 0 Å². The summed E-state index contributed by atoms with van der Waals surface area (Å²) >= 11 is 0. The predicted molar refractivity (Wildman–Crippen MR) is 63.8 cm³/mol. The molecule has 0 aromatic heterocycles. The maximum Gasteiger partial charge on any atom is -0.0130 e. The Labute approximate surface area is 87.7 Å². The average Bonchev–Trinajstić information content (AvgIpc) is 2.12. The fourth-order valence-electron chi connectivity index (χ4n) is 1.99. The zero-order valence-corrected chi connectivity index (χ0v) is 9.51. The lowest BCUT2D eigenvalue weighted by atomic mass is 9.91. The minimum absolute atomic E-state index is 0.645. The van der Waals surface area contributed by atoms with E-state index in [0.717, 1.165) is 6.42 Å². The van der Waals surface area contributed by atoms with Gasteiger partial charge in [-0.15, -0.1) is 6.58 Å². The van der Waals surface area contributed by atoms with Crippen LogP contribution in [-0.2, 0) is 0 Å². The van der Waals surface area contributed by atoms with Crippen molar-refractivity contribution in [1.29, 1.82) is 0 Å².